The van der Waals surface area contributed by atoms with Gasteiger partial charge in [-0.05, 0) is 139 Å². The summed E-state index contributed by atoms with van der Waals surface area (Å²) in [6.07, 6.45) is -18.0. The van der Waals surface area contributed by atoms with Crippen molar-refractivity contribution in [1.29, 1.82) is 0 Å². The number of ether oxygens (including phenoxy) is 6. The molecule has 7 amide bonds. The van der Waals surface area contributed by atoms with Crippen LogP contribution < -0.4 is 68.2 Å². The average Bonchev–Trinajstić information content (AvgIpc) is 0.764. The molecule has 33 nitrogen and oxygen atoms in total. The number of hydrogen-bond donors (Lipinski definition) is 19. The Kier molecular flexibility index (Phi) is 25.5. The Bertz CT molecular complexity index is 4900. The molecule has 0 aromatic heterocycles. The number of carbonyl (C=O) groups excluding carboxylic acids is 7. The van der Waals surface area contributed by atoms with Gasteiger partial charge in [0.15, 0.2) is 29.9 Å². The molecule has 7 aliphatic heterocycles. The monoisotopic (exact) mass is 1650 g/mol. The second-order valence-corrected chi connectivity index (χ2v) is 30.5. The number of phenolic OH excluding ortho intramolecular Hbond substituents is 3. The molecule has 115 heavy (non-hydrogen) atoms. The molecule has 7 aromatic rings. The number of aromatic hydroxyl groups is 3. The third-order valence-corrected chi connectivity index (χ3v) is 21.5. The number of carboxylic acid groups (broad SMARTS) is 1. The third-order valence-electron chi connectivity index (χ3n) is 20.6. The van der Waals surface area contributed by atoms with Crippen LogP contribution in [0.2, 0.25) is 15.1 Å². The predicted molar refractivity (Wildman–Crippen MR) is 411 cm³/mol. The van der Waals surface area contributed by atoms with Crippen LogP contribution in [0.5, 0.6) is 46.0 Å². The van der Waals surface area contributed by atoms with Crippen molar-refractivity contribution in [2.24, 2.45) is 17.4 Å². The van der Waals surface area contributed by atoms with E-state index in [1.807, 2.05) is 50.2 Å². The number of hydrogen-bond acceptors (Lipinski definition) is 25. The van der Waals surface area contributed by atoms with Gasteiger partial charge in [0.05, 0.1) is 34.7 Å². The van der Waals surface area contributed by atoms with E-state index in [1.54, 1.807) is 26.0 Å². The summed E-state index contributed by atoms with van der Waals surface area (Å²) in [6.45, 7) is 6.70. The van der Waals surface area contributed by atoms with Gasteiger partial charge in [0.25, 0.3) is 0 Å². The maximum atomic E-state index is 16.2. The Morgan fingerprint density at radius 2 is 1.26 bits per heavy atom. The summed E-state index contributed by atoms with van der Waals surface area (Å²) in [5, 5.41) is 127. The largest absolute Gasteiger partial charge is 0.508 e. The van der Waals surface area contributed by atoms with E-state index in [4.69, 9.17) is 74.7 Å². The lowest BCUT2D eigenvalue weighted by Gasteiger charge is -2.48. The van der Waals surface area contributed by atoms with E-state index in [-0.39, 0.29) is 58.5 Å². The molecule has 2 saturated heterocycles. The molecule has 14 rings (SSSR count). The summed E-state index contributed by atoms with van der Waals surface area (Å²) in [5.41, 5.74) is 10.7. The second kappa shape index (κ2) is 34.9. The quantitative estimate of drug-likeness (QED) is 0.0606. The van der Waals surface area contributed by atoms with Crippen LogP contribution in [-0.2, 0) is 59.1 Å². The van der Waals surface area contributed by atoms with Crippen molar-refractivity contribution in [3.8, 4) is 68.2 Å². The smallest absolute Gasteiger partial charge is 0.330 e. The number of fused-ring (bicyclic) bond motifs is 15. The molecule has 0 aliphatic carbocycles. The highest BCUT2D eigenvalue weighted by molar-refractivity contribution is 6.32. The fourth-order valence-electron chi connectivity index (χ4n) is 14.4. The number of aliphatic hydroxyl groups excluding tert-OH is 5. The maximum absolute atomic E-state index is 16.2. The number of carboxylic acids is 1. The zero-order valence-corrected chi connectivity index (χ0v) is 64.3. The number of benzene rings is 7. The summed E-state index contributed by atoms with van der Waals surface area (Å²) >= 11 is 20.5. The zero-order valence-electron chi connectivity index (χ0n) is 62.1. The number of rotatable bonds is 17. The molecule has 18 atom stereocenters. The van der Waals surface area contributed by atoms with E-state index in [0.29, 0.717) is 5.02 Å². The lowest BCUT2D eigenvalue weighted by atomic mass is 9.84. The van der Waals surface area contributed by atoms with Crippen molar-refractivity contribution in [3.63, 3.8) is 0 Å². The number of nitrogens with two attached hydrogens (primary N) is 2. The van der Waals surface area contributed by atoms with Gasteiger partial charge in [-0.1, -0.05) is 103 Å². The Morgan fingerprint density at radius 3 is 1.86 bits per heavy atom. The molecule has 0 spiro atoms. The van der Waals surface area contributed by atoms with Crippen molar-refractivity contribution in [3.05, 3.63) is 176 Å². The van der Waals surface area contributed by atoms with E-state index in [0.717, 1.165) is 83.4 Å². The Hall–Kier alpha value is -10.5. The van der Waals surface area contributed by atoms with Gasteiger partial charge in [-0.3, -0.25) is 33.6 Å². The number of aliphatic hydroxyl groups is 5. The van der Waals surface area contributed by atoms with Crippen LogP contribution in [0.25, 0.3) is 22.3 Å². The summed E-state index contributed by atoms with van der Waals surface area (Å²) in [4.78, 5) is 118. The van der Waals surface area contributed by atoms with Crippen LogP contribution in [-0.4, -0.2) is 186 Å². The highest BCUT2D eigenvalue weighted by atomic mass is 35.5. The first-order valence-electron chi connectivity index (χ1n) is 36.5. The number of aliphatic carboxylic acids is 1. The Balaban J connectivity index is 1.04. The summed E-state index contributed by atoms with van der Waals surface area (Å²) < 4.78 is 39.7. The third kappa shape index (κ3) is 18.3. The highest BCUT2D eigenvalue weighted by Gasteiger charge is 2.52. The number of amides is 7. The van der Waals surface area contributed by atoms with Gasteiger partial charge in [0, 0.05) is 52.8 Å². The van der Waals surface area contributed by atoms with Crippen LogP contribution >= 0.6 is 34.8 Å². The fraction of sp³-hybridized carbons (Fsp3) is 0.367. The number of likely N-dealkylation sites (N-methyl/N-ethyl adjacent to an activating group) is 1. The molecule has 36 heteroatoms. The summed E-state index contributed by atoms with van der Waals surface area (Å²) in [6, 6.07) is 14.6. The van der Waals surface area contributed by atoms with Crippen molar-refractivity contribution >= 4 is 82.1 Å². The normalized spacial score (nSPS) is 27.2. The van der Waals surface area contributed by atoms with E-state index in [9.17, 15) is 69.9 Å². The zero-order chi connectivity index (χ0) is 82.9. The summed E-state index contributed by atoms with van der Waals surface area (Å²) in [7, 11) is 1.48. The Labute approximate surface area is 671 Å². The van der Waals surface area contributed by atoms with Crippen LogP contribution in [0.3, 0.4) is 0 Å². The number of carbonyl (C=O) groups is 8. The number of nitrogens with one attached hydrogen (secondary N) is 8. The lowest BCUT2D eigenvalue weighted by molar-refractivity contribution is -0.331. The minimum absolute atomic E-state index is 0.101. The fourth-order valence-corrected chi connectivity index (χ4v) is 15.0. The maximum Gasteiger partial charge on any atom is 0.330 e. The molecule has 7 aliphatic rings. The first-order valence-corrected chi connectivity index (χ1v) is 37.6. The molecule has 9 unspecified atom stereocenters. The van der Waals surface area contributed by atoms with Crippen LogP contribution in [0.1, 0.15) is 111 Å². The van der Waals surface area contributed by atoms with Crippen molar-refractivity contribution in [2.45, 2.75) is 163 Å². The van der Waals surface area contributed by atoms with Gasteiger partial charge >= 0.3 is 5.97 Å². The van der Waals surface area contributed by atoms with Gasteiger partial charge in [0.1, 0.15) is 89.5 Å². The molecule has 11 bridgehead atoms. The number of halogens is 3. The average molecular weight is 1650 g/mol. The van der Waals surface area contributed by atoms with E-state index < -0.39 is 231 Å². The van der Waals surface area contributed by atoms with Crippen molar-refractivity contribution in [2.75, 3.05) is 13.6 Å². The van der Waals surface area contributed by atoms with Gasteiger partial charge in [-0.25, -0.2) is 4.79 Å². The van der Waals surface area contributed by atoms with Gasteiger partial charge in [-0.2, -0.15) is 0 Å². The van der Waals surface area contributed by atoms with Crippen LogP contribution in [0.4, 0.5) is 0 Å². The first kappa shape index (κ1) is 83.9. The van der Waals surface area contributed by atoms with Crippen LogP contribution in [0.15, 0.2) is 127 Å². The van der Waals surface area contributed by atoms with Gasteiger partial charge in [-0.15, -0.1) is 0 Å². The molecule has 0 radical (unpaired) electrons. The standard InChI is InChI=1S/C79H85Cl3N10O23/c1-32(2)20-47(85-5)71(102)91-62-64(97)38-13-18-51(45(81)22-38)111-53-24-40-25-54(68(53)115-78-69(67(100)66(99)55(30-83)113-78)114-57-29-79(4,70(101)33(3)110-57)86-31-34-6-8-35(9-7-34)36-10-15-41(80)16-11-36)112-52-19-14-39(23-46(52)82)65(98)63-76(107)90-61(77(108)109)44-26-42(93)27-50(95)58(44)43-21-37(12-17-49(43)94)59(73(104)92-63)89-74(105)60(40)88-72(103)48(28-56(84)96)87-75(62)106/h6-19,21-27,32-33,47-48,55,57,59-67,69-70,78,85-86,93-95,97-101H,20,28-31,83H2,1-5H3,(H2,84,96)(H,87,106)(H,88,103)(H,89,105)(H,90,107)(H,91,102)(H,92,104)(H,108,109)/t33?,47-,48-,55?,57?,59+,60+,61+,62+,63-,64+,65+,66?,67?,69?,70?,78?,79?/m0/s1. The minimum atomic E-state index is -2.35. The lowest BCUT2D eigenvalue weighted by Crippen LogP contribution is -2.65. The molecule has 0 saturated carbocycles. The van der Waals surface area contributed by atoms with Crippen LogP contribution in [0, 0.1) is 5.92 Å². The van der Waals surface area contributed by atoms with E-state index >= 15 is 14.4 Å². The molecule has 7 aromatic carbocycles. The molecular weight excluding hydrogens is 1560 g/mol. The number of phenols is 3. The van der Waals surface area contributed by atoms with Gasteiger partial charge < -0.3 is 128 Å². The molecule has 21 N–H and O–H groups in total. The molecular formula is C79H85Cl3N10O23. The molecule has 7 heterocycles. The van der Waals surface area contributed by atoms with E-state index in [1.165, 1.54) is 19.2 Å². The minimum Gasteiger partial charge on any atom is -0.508 e. The van der Waals surface area contributed by atoms with Gasteiger partial charge in [0.2, 0.25) is 53.4 Å². The molecule has 610 valence electrons. The number of primary amides is 1. The predicted octanol–water partition coefficient (Wildman–Crippen LogP) is 4.22. The Morgan fingerprint density at radius 1 is 0.661 bits per heavy atom. The highest BCUT2D eigenvalue weighted by Crippen LogP contribution is 2.50. The molecule has 2 fully saturated rings. The topological polar surface area (TPSA) is 522 Å². The van der Waals surface area contributed by atoms with Crippen molar-refractivity contribution in [1.82, 2.24) is 42.5 Å². The first-order chi connectivity index (χ1) is 54.6. The summed E-state index contributed by atoms with van der Waals surface area (Å²) in [5.74, 6) is -15.8. The van der Waals surface area contributed by atoms with E-state index in [2.05, 4.69) is 42.5 Å². The second-order valence-electron chi connectivity index (χ2n) is 29.2. The SMILES string of the molecule is CN[C@@H](CC(C)C)C(=O)N[C@H]1C(=O)N[C@@H](CC(N)=O)C(=O)N[C@H]2C(=O)N[C@H]3C(=O)N[C@H](C(=O)N[C@@H](C(=O)O)c4cc(O)cc(O)c4-c4cc3ccc4O)[C@H](O)c3ccc(c(Cl)c3)Oc3cc2cc(c3OC2OC(CN)C(O)C(O)C2OC2CC(C)(NCc3ccc(-c4ccc(Cl)cc4)cc3)C(O)C(C)O2)Oc2ccc(cc2Cl)[C@H]1O. The van der Waals surface area contributed by atoms with Crippen molar-refractivity contribution < 1.29 is 113 Å².